The lowest BCUT2D eigenvalue weighted by molar-refractivity contribution is 0.172. The van der Waals surface area contributed by atoms with E-state index in [9.17, 15) is 0 Å². The van der Waals surface area contributed by atoms with E-state index in [1.54, 1.807) is 0 Å². The van der Waals surface area contributed by atoms with E-state index >= 15 is 0 Å². The molecular weight excluding hydrogens is 196 g/mol. The van der Waals surface area contributed by atoms with Gasteiger partial charge in [-0.2, -0.15) is 0 Å². The Balaban J connectivity index is 1.54. The first-order valence-electron chi connectivity index (χ1n) is 7.36. The molecule has 0 spiro atoms. The number of hydrogen-bond acceptors (Lipinski definition) is 2. The lowest BCUT2D eigenvalue weighted by Crippen LogP contribution is -2.43. The molecule has 0 aromatic heterocycles. The van der Waals surface area contributed by atoms with Gasteiger partial charge >= 0.3 is 0 Å². The molecule has 2 aliphatic carbocycles. The van der Waals surface area contributed by atoms with Crippen molar-refractivity contribution in [2.75, 3.05) is 26.2 Å². The number of nitrogens with zero attached hydrogens (tertiary/aromatic N) is 1. The van der Waals surface area contributed by atoms with Crippen molar-refractivity contribution in [1.82, 2.24) is 10.2 Å². The van der Waals surface area contributed by atoms with Gasteiger partial charge < -0.3 is 5.32 Å². The second-order valence-electron chi connectivity index (χ2n) is 6.19. The van der Waals surface area contributed by atoms with Crippen LogP contribution < -0.4 is 5.32 Å². The summed E-state index contributed by atoms with van der Waals surface area (Å²) in [4.78, 5) is 2.84. The first kappa shape index (κ1) is 11.0. The minimum Gasteiger partial charge on any atom is -0.315 e. The molecule has 0 aromatic rings. The van der Waals surface area contributed by atoms with Gasteiger partial charge in [0.1, 0.15) is 0 Å². The Morgan fingerprint density at radius 2 is 1.56 bits per heavy atom. The van der Waals surface area contributed by atoms with Crippen molar-refractivity contribution < 1.29 is 0 Å². The molecule has 1 atom stereocenters. The SMILES string of the molecule is C1CCC(N(CC2CC2)CC2CC2)CNC1. The first-order valence-corrected chi connectivity index (χ1v) is 7.36. The summed E-state index contributed by atoms with van der Waals surface area (Å²) in [7, 11) is 0. The lowest BCUT2D eigenvalue weighted by Gasteiger charge is -2.31. The molecule has 1 unspecified atom stereocenters. The van der Waals surface area contributed by atoms with Crippen molar-refractivity contribution in [3.63, 3.8) is 0 Å². The fourth-order valence-electron chi connectivity index (χ4n) is 2.95. The van der Waals surface area contributed by atoms with Crippen LogP contribution in [0.25, 0.3) is 0 Å². The number of hydrogen-bond donors (Lipinski definition) is 1. The molecule has 2 saturated carbocycles. The van der Waals surface area contributed by atoms with E-state index < -0.39 is 0 Å². The molecule has 3 fully saturated rings. The summed E-state index contributed by atoms with van der Waals surface area (Å²) in [6.45, 7) is 5.31. The summed E-state index contributed by atoms with van der Waals surface area (Å²) >= 11 is 0. The van der Waals surface area contributed by atoms with E-state index in [1.807, 2.05) is 0 Å². The van der Waals surface area contributed by atoms with Crippen LogP contribution >= 0.6 is 0 Å². The Bertz CT molecular complexity index is 199. The topological polar surface area (TPSA) is 15.3 Å². The zero-order valence-electron chi connectivity index (χ0n) is 10.5. The summed E-state index contributed by atoms with van der Waals surface area (Å²) < 4.78 is 0. The summed E-state index contributed by atoms with van der Waals surface area (Å²) in [5.74, 6) is 2.11. The molecule has 0 radical (unpaired) electrons. The molecular formula is C14H26N2. The van der Waals surface area contributed by atoms with E-state index in [1.165, 1.54) is 71.1 Å². The van der Waals surface area contributed by atoms with Gasteiger partial charge in [0, 0.05) is 25.7 Å². The molecule has 1 aliphatic heterocycles. The zero-order chi connectivity index (χ0) is 10.8. The van der Waals surface area contributed by atoms with Crippen molar-refractivity contribution in [1.29, 1.82) is 0 Å². The number of rotatable bonds is 5. The Hall–Kier alpha value is -0.0800. The van der Waals surface area contributed by atoms with E-state index in [2.05, 4.69) is 10.2 Å². The smallest absolute Gasteiger partial charge is 0.0220 e. The highest BCUT2D eigenvalue weighted by Crippen LogP contribution is 2.35. The third-order valence-electron chi connectivity index (χ3n) is 4.42. The van der Waals surface area contributed by atoms with Gasteiger partial charge in [0.15, 0.2) is 0 Å². The van der Waals surface area contributed by atoms with Gasteiger partial charge in [-0.25, -0.2) is 0 Å². The average Bonchev–Trinajstić information content (AvgIpc) is 3.15. The number of nitrogens with one attached hydrogen (secondary N) is 1. The molecule has 2 nitrogen and oxygen atoms in total. The van der Waals surface area contributed by atoms with Crippen LogP contribution in [0.2, 0.25) is 0 Å². The third kappa shape index (κ3) is 3.21. The Kier molecular flexibility index (Phi) is 3.49. The summed E-state index contributed by atoms with van der Waals surface area (Å²) in [6, 6.07) is 0.851. The summed E-state index contributed by atoms with van der Waals surface area (Å²) in [5, 5.41) is 3.62. The quantitative estimate of drug-likeness (QED) is 0.767. The van der Waals surface area contributed by atoms with Crippen molar-refractivity contribution in [3.05, 3.63) is 0 Å². The average molecular weight is 222 g/mol. The van der Waals surface area contributed by atoms with E-state index in [4.69, 9.17) is 0 Å². The van der Waals surface area contributed by atoms with Gasteiger partial charge in [-0.1, -0.05) is 6.42 Å². The normalized spacial score (nSPS) is 31.7. The molecule has 0 bridgehead atoms. The molecule has 0 amide bonds. The highest BCUT2D eigenvalue weighted by atomic mass is 15.2. The lowest BCUT2D eigenvalue weighted by atomic mass is 10.1. The molecule has 2 heteroatoms. The highest BCUT2D eigenvalue weighted by Gasteiger charge is 2.32. The minimum atomic E-state index is 0.851. The van der Waals surface area contributed by atoms with Crippen LogP contribution in [0.3, 0.4) is 0 Å². The predicted octanol–water partition coefficient (Wildman–Crippen LogP) is 2.25. The third-order valence-corrected chi connectivity index (χ3v) is 4.42. The fraction of sp³-hybridized carbons (Fsp3) is 1.00. The minimum absolute atomic E-state index is 0.851. The standard InChI is InChI=1S/C14H26N2/c1-2-8-15-9-14(3-1)16(10-12-4-5-12)11-13-6-7-13/h12-15H,1-11H2. The van der Waals surface area contributed by atoms with Crippen LogP contribution in [0.5, 0.6) is 0 Å². The monoisotopic (exact) mass is 222 g/mol. The highest BCUT2D eigenvalue weighted by molar-refractivity contribution is 4.87. The molecule has 3 rings (SSSR count). The second kappa shape index (κ2) is 5.05. The fourth-order valence-corrected chi connectivity index (χ4v) is 2.95. The van der Waals surface area contributed by atoms with Gasteiger partial charge in [0.2, 0.25) is 0 Å². The van der Waals surface area contributed by atoms with Crippen LogP contribution in [0.15, 0.2) is 0 Å². The van der Waals surface area contributed by atoms with Gasteiger partial charge in [-0.3, -0.25) is 4.90 Å². The molecule has 92 valence electrons. The summed E-state index contributed by atoms with van der Waals surface area (Å²) in [6.07, 6.45) is 10.3. The Morgan fingerprint density at radius 1 is 0.875 bits per heavy atom. The van der Waals surface area contributed by atoms with Crippen LogP contribution in [0.1, 0.15) is 44.9 Å². The molecule has 16 heavy (non-hydrogen) atoms. The Labute approximate surface area is 99.8 Å². The van der Waals surface area contributed by atoms with Crippen molar-refractivity contribution in [3.8, 4) is 0 Å². The van der Waals surface area contributed by atoms with Crippen LogP contribution in [-0.4, -0.2) is 37.1 Å². The van der Waals surface area contributed by atoms with Crippen molar-refractivity contribution in [2.45, 2.75) is 51.0 Å². The summed E-state index contributed by atoms with van der Waals surface area (Å²) in [5.41, 5.74) is 0. The Morgan fingerprint density at radius 3 is 2.19 bits per heavy atom. The van der Waals surface area contributed by atoms with Crippen LogP contribution in [0, 0.1) is 11.8 Å². The molecule has 0 aromatic carbocycles. The molecule has 1 heterocycles. The van der Waals surface area contributed by atoms with Crippen molar-refractivity contribution in [2.24, 2.45) is 11.8 Å². The maximum absolute atomic E-state index is 3.62. The maximum Gasteiger partial charge on any atom is 0.0220 e. The predicted molar refractivity (Wildman–Crippen MR) is 67.5 cm³/mol. The van der Waals surface area contributed by atoms with Gasteiger partial charge in [0.05, 0.1) is 0 Å². The van der Waals surface area contributed by atoms with E-state index in [0.717, 1.165) is 17.9 Å². The van der Waals surface area contributed by atoms with Crippen LogP contribution in [-0.2, 0) is 0 Å². The molecule has 3 aliphatic rings. The van der Waals surface area contributed by atoms with Gasteiger partial charge in [-0.05, 0) is 56.9 Å². The first-order chi connectivity index (χ1) is 7.92. The second-order valence-corrected chi connectivity index (χ2v) is 6.19. The van der Waals surface area contributed by atoms with Gasteiger partial charge in [-0.15, -0.1) is 0 Å². The van der Waals surface area contributed by atoms with Crippen molar-refractivity contribution >= 4 is 0 Å². The van der Waals surface area contributed by atoms with E-state index in [-0.39, 0.29) is 0 Å². The molecule has 1 N–H and O–H groups in total. The van der Waals surface area contributed by atoms with Gasteiger partial charge in [0.25, 0.3) is 0 Å². The zero-order valence-corrected chi connectivity index (χ0v) is 10.5. The van der Waals surface area contributed by atoms with Crippen LogP contribution in [0.4, 0.5) is 0 Å². The molecule has 1 saturated heterocycles. The van der Waals surface area contributed by atoms with E-state index in [0.29, 0.717) is 0 Å². The largest absolute Gasteiger partial charge is 0.315 e. The maximum atomic E-state index is 3.62.